The van der Waals surface area contributed by atoms with Gasteiger partial charge in [-0.05, 0) is 54.6 Å². The molecule has 106 valence electrons. The number of hydrogen-bond donors (Lipinski definition) is 0. The average molecular weight is 268 g/mol. The molecule has 2 aliphatic carbocycles. The minimum Gasteiger partial charge on any atom is -0.304 e. The Balaban J connectivity index is 1.93. The van der Waals surface area contributed by atoms with Gasteiger partial charge in [0.05, 0.1) is 0 Å². The fraction of sp³-hybridized carbons (Fsp3) is 0.611. The van der Waals surface area contributed by atoms with Gasteiger partial charge in [-0.25, -0.2) is 4.98 Å². The molecule has 20 heavy (non-hydrogen) atoms. The monoisotopic (exact) mass is 268 g/mol. The Morgan fingerprint density at radius 2 is 2.00 bits per heavy atom. The number of nitrogens with zero attached hydrogens (tertiary/aromatic N) is 2. The smallest absolute Gasteiger partial charge is 0.140 e. The normalized spacial score (nSPS) is 23.1. The van der Waals surface area contributed by atoms with Crippen molar-refractivity contribution in [1.29, 1.82) is 0 Å². The van der Waals surface area contributed by atoms with E-state index in [1.807, 2.05) is 6.20 Å². The summed E-state index contributed by atoms with van der Waals surface area (Å²) in [4.78, 5) is 4.63. The minimum absolute atomic E-state index is 0.161. The van der Waals surface area contributed by atoms with Crippen LogP contribution in [-0.2, 0) is 11.8 Å². The fourth-order valence-electron chi connectivity index (χ4n) is 4.08. The molecule has 2 heteroatoms. The van der Waals surface area contributed by atoms with Gasteiger partial charge in [0.15, 0.2) is 0 Å². The number of pyridine rings is 1. The first-order valence-corrected chi connectivity index (χ1v) is 8.05. The maximum Gasteiger partial charge on any atom is 0.140 e. The molecule has 1 fully saturated rings. The summed E-state index contributed by atoms with van der Waals surface area (Å²) in [6, 6.07) is 2.49. The van der Waals surface area contributed by atoms with Gasteiger partial charge in [-0.2, -0.15) is 0 Å². The van der Waals surface area contributed by atoms with Crippen LogP contribution in [0.3, 0.4) is 0 Å². The summed E-state index contributed by atoms with van der Waals surface area (Å²) in [6.45, 7) is 6.91. The van der Waals surface area contributed by atoms with Crippen molar-refractivity contribution in [2.45, 2.75) is 64.2 Å². The standard InChI is InChI=1S/C18H24N2/c1-18(2,3)15-11-14-13(12-5-4-6-12)7-8-16(14)20-10-9-19-17(15)20/h9-13H,4-8H2,1-3H3. The summed E-state index contributed by atoms with van der Waals surface area (Å²) in [5.74, 6) is 1.76. The highest BCUT2D eigenvalue weighted by Crippen LogP contribution is 2.47. The summed E-state index contributed by atoms with van der Waals surface area (Å²) >= 11 is 0. The third-order valence-electron chi connectivity index (χ3n) is 5.42. The van der Waals surface area contributed by atoms with Gasteiger partial charge in [-0.3, -0.25) is 0 Å². The van der Waals surface area contributed by atoms with Crippen LogP contribution in [0.2, 0.25) is 0 Å². The van der Waals surface area contributed by atoms with Gasteiger partial charge in [0.1, 0.15) is 5.65 Å². The van der Waals surface area contributed by atoms with Crippen LogP contribution in [0.5, 0.6) is 0 Å². The maximum absolute atomic E-state index is 4.63. The third-order valence-corrected chi connectivity index (χ3v) is 5.42. The van der Waals surface area contributed by atoms with Crippen molar-refractivity contribution in [2.75, 3.05) is 0 Å². The average Bonchev–Trinajstić information content (AvgIpc) is 2.90. The molecular formula is C18H24N2. The third kappa shape index (κ3) is 1.66. The van der Waals surface area contributed by atoms with Crippen molar-refractivity contribution in [1.82, 2.24) is 9.38 Å². The van der Waals surface area contributed by atoms with Crippen LogP contribution in [0.1, 0.15) is 69.2 Å². The van der Waals surface area contributed by atoms with Gasteiger partial charge < -0.3 is 4.40 Å². The molecule has 0 aliphatic heterocycles. The predicted octanol–water partition coefficient (Wildman–Crippen LogP) is 4.46. The molecule has 0 bridgehead atoms. The van der Waals surface area contributed by atoms with Crippen molar-refractivity contribution in [3.05, 3.63) is 35.3 Å². The molecule has 0 aromatic carbocycles. The minimum atomic E-state index is 0.161. The highest BCUT2D eigenvalue weighted by Gasteiger charge is 2.35. The highest BCUT2D eigenvalue weighted by molar-refractivity contribution is 5.56. The topological polar surface area (TPSA) is 17.3 Å². The van der Waals surface area contributed by atoms with E-state index in [9.17, 15) is 0 Å². The maximum atomic E-state index is 4.63. The van der Waals surface area contributed by atoms with Crippen LogP contribution in [0.4, 0.5) is 0 Å². The zero-order valence-corrected chi connectivity index (χ0v) is 12.8. The molecule has 2 heterocycles. The molecule has 2 aromatic rings. The molecule has 1 unspecified atom stereocenters. The van der Waals surface area contributed by atoms with E-state index in [0.29, 0.717) is 0 Å². The van der Waals surface area contributed by atoms with Crippen LogP contribution in [0.15, 0.2) is 18.5 Å². The molecular weight excluding hydrogens is 244 g/mol. The van der Waals surface area contributed by atoms with Crippen LogP contribution in [-0.4, -0.2) is 9.38 Å². The Labute approximate surface area is 121 Å². The number of aromatic nitrogens is 2. The Bertz CT molecular complexity index is 656. The number of imidazole rings is 1. The van der Waals surface area contributed by atoms with E-state index >= 15 is 0 Å². The van der Waals surface area contributed by atoms with Gasteiger partial charge in [0.2, 0.25) is 0 Å². The second kappa shape index (κ2) is 4.09. The molecule has 0 saturated heterocycles. The molecule has 2 nitrogen and oxygen atoms in total. The van der Waals surface area contributed by atoms with Crippen molar-refractivity contribution in [3.8, 4) is 0 Å². The van der Waals surface area contributed by atoms with Crippen LogP contribution in [0, 0.1) is 5.92 Å². The lowest BCUT2D eigenvalue weighted by Gasteiger charge is -2.32. The summed E-state index contributed by atoms with van der Waals surface area (Å²) in [5.41, 5.74) is 5.90. The lowest BCUT2D eigenvalue weighted by Crippen LogP contribution is -2.20. The summed E-state index contributed by atoms with van der Waals surface area (Å²) in [5, 5.41) is 0. The largest absolute Gasteiger partial charge is 0.304 e. The van der Waals surface area contributed by atoms with E-state index in [1.54, 1.807) is 5.56 Å². The van der Waals surface area contributed by atoms with Gasteiger partial charge in [-0.1, -0.05) is 27.2 Å². The molecule has 0 spiro atoms. The SMILES string of the molecule is CC(C)(C)c1cc2c(n3ccnc13)CCC2C1CCC1. The molecule has 4 rings (SSSR count). The first kappa shape index (κ1) is 12.4. The fourth-order valence-corrected chi connectivity index (χ4v) is 4.08. The van der Waals surface area contributed by atoms with Gasteiger partial charge in [0.25, 0.3) is 0 Å². The quantitative estimate of drug-likeness (QED) is 0.746. The molecule has 0 N–H and O–H groups in total. The van der Waals surface area contributed by atoms with E-state index in [-0.39, 0.29) is 5.41 Å². The van der Waals surface area contributed by atoms with E-state index in [4.69, 9.17) is 0 Å². The Kier molecular flexibility index (Phi) is 2.55. The van der Waals surface area contributed by atoms with E-state index < -0.39 is 0 Å². The zero-order chi connectivity index (χ0) is 13.9. The summed E-state index contributed by atoms with van der Waals surface area (Å²) < 4.78 is 2.37. The van der Waals surface area contributed by atoms with Gasteiger partial charge >= 0.3 is 0 Å². The summed E-state index contributed by atoms with van der Waals surface area (Å²) in [7, 11) is 0. The van der Waals surface area contributed by atoms with Crippen LogP contribution in [0.25, 0.3) is 5.65 Å². The lowest BCUT2D eigenvalue weighted by atomic mass is 9.73. The van der Waals surface area contributed by atoms with Crippen LogP contribution >= 0.6 is 0 Å². The summed E-state index contributed by atoms with van der Waals surface area (Å²) in [6.07, 6.45) is 11.0. The Hall–Kier alpha value is -1.31. The predicted molar refractivity (Wildman–Crippen MR) is 82.3 cm³/mol. The van der Waals surface area contributed by atoms with Gasteiger partial charge in [-0.15, -0.1) is 0 Å². The highest BCUT2D eigenvalue weighted by atomic mass is 15.0. The Morgan fingerprint density at radius 3 is 2.65 bits per heavy atom. The lowest BCUT2D eigenvalue weighted by molar-refractivity contribution is 0.260. The first-order chi connectivity index (χ1) is 9.55. The molecule has 0 radical (unpaired) electrons. The van der Waals surface area contributed by atoms with E-state index in [1.165, 1.54) is 49.0 Å². The van der Waals surface area contributed by atoms with Crippen molar-refractivity contribution in [3.63, 3.8) is 0 Å². The molecule has 2 aliphatic rings. The van der Waals surface area contributed by atoms with E-state index in [2.05, 4.69) is 42.4 Å². The number of aryl methyl sites for hydroxylation is 1. The second-order valence-corrected chi connectivity index (χ2v) is 7.67. The molecule has 0 amide bonds. The first-order valence-electron chi connectivity index (χ1n) is 8.05. The van der Waals surface area contributed by atoms with Gasteiger partial charge in [0, 0.05) is 23.7 Å². The van der Waals surface area contributed by atoms with Crippen molar-refractivity contribution >= 4 is 5.65 Å². The number of hydrogen-bond acceptors (Lipinski definition) is 1. The van der Waals surface area contributed by atoms with Crippen LogP contribution < -0.4 is 0 Å². The second-order valence-electron chi connectivity index (χ2n) is 7.67. The van der Waals surface area contributed by atoms with Crippen molar-refractivity contribution in [2.24, 2.45) is 5.92 Å². The van der Waals surface area contributed by atoms with E-state index in [0.717, 1.165) is 11.8 Å². The zero-order valence-electron chi connectivity index (χ0n) is 12.8. The number of fused-ring (bicyclic) bond motifs is 3. The van der Waals surface area contributed by atoms with Crippen molar-refractivity contribution < 1.29 is 0 Å². The molecule has 1 saturated carbocycles. The number of rotatable bonds is 1. The molecule has 2 aromatic heterocycles. The Morgan fingerprint density at radius 1 is 1.20 bits per heavy atom. The molecule has 1 atom stereocenters.